The van der Waals surface area contributed by atoms with E-state index in [-0.39, 0.29) is 25.0 Å². The molecule has 0 spiro atoms. The van der Waals surface area contributed by atoms with E-state index in [9.17, 15) is 5.11 Å². The fourth-order valence-electron chi connectivity index (χ4n) is 2.74. The maximum atomic E-state index is 9.61. The molecule has 1 aliphatic rings. The van der Waals surface area contributed by atoms with E-state index in [4.69, 9.17) is 4.74 Å². The van der Waals surface area contributed by atoms with Gasteiger partial charge in [0.2, 0.25) is 0 Å². The van der Waals surface area contributed by atoms with E-state index in [0.717, 1.165) is 0 Å². The first-order valence-electron chi connectivity index (χ1n) is 8.33. The van der Waals surface area contributed by atoms with Gasteiger partial charge in [-0.3, -0.25) is 9.56 Å². The van der Waals surface area contributed by atoms with Crippen molar-refractivity contribution in [3.63, 3.8) is 0 Å². The highest BCUT2D eigenvalue weighted by Crippen LogP contribution is 2.33. The smallest absolute Gasteiger partial charge is 0.184 e. The number of aliphatic hydroxyl groups excluding tert-OH is 1. The Morgan fingerprint density at radius 1 is 1.23 bits per heavy atom. The lowest BCUT2D eigenvalue weighted by atomic mass is 10.1. The molecule has 0 amide bonds. The number of aliphatic hydroxyl groups is 1. The molecule has 10 heteroatoms. The Bertz CT molecular complexity index is 801. The van der Waals surface area contributed by atoms with Crippen LogP contribution in [0.5, 0.6) is 0 Å². The van der Waals surface area contributed by atoms with Crippen LogP contribution in [0.1, 0.15) is 12.6 Å². The van der Waals surface area contributed by atoms with Crippen molar-refractivity contribution in [1.82, 2.24) is 29.3 Å². The molecule has 0 saturated carbocycles. The number of nitrogens with zero attached hydrogens (tertiary/aromatic N) is 8. The lowest BCUT2D eigenvalue weighted by Gasteiger charge is -2.14. The van der Waals surface area contributed by atoms with Crippen LogP contribution in [-0.2, 0) is 4.74 Å². The van der Waals surface area contributed by atoms with Crippen LogP contribution in [-0.4, -0.2) is 94.0 Å². The van der Waals surface area contributed by atoms with Crippen molar-refractivity contribution in [1.29, 1.82) is 0 Å². The van der Waals surface area contributed by atoms with Crippen molar-refractivity contribution >= 4 is 29.7 Å². The molecule has 26 heavy (non-hydrogen) atoms. The number of fused-ring (bicyclic) bond motifs is 1. The van der Waals surface area contributed by atoms with Gasteiger partial charge >= 0.3 is 0 Å². The van der Waals surface area contributed by atoms with E-state index in [1.54, 1.807) is 19.0 Å². The maximum Gasteiger partial charge on any atom is 0.184 e. The first-order chi connectivity index (χ1) is 12.5. The zero-order valence-corrected chi connectivity index (χ0v) is 15.4. The third-order valence-corrected chi connectivity index (χ3v) is 3.93. The molecule has 10 nitrogen and oxygen atoms in total. The van der Waals surface area contributed by atoms with E-state index in [1.165, 1.54) is 6.33 Å². The molecule has 3 atom stereocenters. The highest BCUT2D eigenvalue weighted by atomic mass is 16.5. The van der Waals surface area contributed by atoms with E-state index in [2.05, 4.69) is 24.9 Å². The van der Waals surface area contributed by atoms with Crippen LogP contribution in [0.25, 0.3) is 11.2 Å². The van der Waals surface area contributed by atoms with Crippen LogP contribution in [0.2, 0.25) is 0 Å². The van der Waals surface area contributed by atoms with Gasteiger partial charge in [-0.2, -0.15) is 0 Å². The van der Waals surface area contributed by atoms with Gasteiger partial charge < -0.3 is 19.6 Å². The Balaban J connectivity index is 1.88. The second-order valence-electron chi connectivity index (χ2n) is 6.57. The first kappa shape index (κ1) is 18.2. The summed E-state index contributed by atoms with van der Waals surface area (Å²) in [5.74, 6) is 0.501. The zero-order chi connectivity index (χ0) is 18.7. The largest absolute Gasteiger partial charge is 0.394 e. The van der Waals surface area contributed by atoms with Gasteiger partial charge in [0.05, 0.1) is 31.7 Å². The van der Waals surface area contributed by atoms with Crippen molar-refractivity contribution in [3.8, 4) is 0 Å². The molecule has 1 aliphatic heterocycles. The second kappa shape index (κ2) is 7.75. The van der Waals surface area contributed by atoms with Gasteiger partial charge in [0.15, 0.2) is 17.0 Å². The molecular weight excluding hydrogens is 336 g/mol. The quantitative estimate of drug-likeness (QED) is 0.583. The summed E-state index contributed by atoms with van der Waals surface area (Å²) in [6, 6.07) is -0.127. The molecule has 1 N–H and O–H groups in total. The second-order valence-corrected chi connectivity index (χ2v) is 6.57. The number of rotatable bonds is 6. The summed E-state index contributed by atoms with van der Waals surface area (Å²) in [5, 5.41) is 9.61. The third kappa shape index (κ3) is 3.81. The first-order valence-corrected chi connectivity index (χ1v) is 8.33. The number of imidazole rings is 1. The van der Waals surface area contributed by atoms with Crippen molar-refractivity contribution in [2.24, 2.45) is 9.98 Å². The molecule has 3 heterocycles. The van der Waals surface area contributed by atoms with Crippen molar-refractivity contribution < 1.29 is 9.84 Å². The molecule has 0 aliphatic carbocycles. The van der Waals surface area contributed by atoms with Crippen LogP contribution in [0.4, 0.5) is 5.82 Å². The van der Waals surface area contributed by atoms with Crippen LogP contribution < -0.4 is 0 Å². The van der Waals surface area contributed by atoms with Crippen LogP contribution in [0, 0.1) is 0 Å². The average molecular weight is 360 g/mol. The Labute approximate surface area is 151 Å². The van der Waals surface area contributed by atoms with Crippen molar-refractivity contribution in [2.45, 2.75) is 24.8 Å². The zero-order valence-electron chi connectivity index (χ0n) is 15.4. The molecule has 2 aromatic heterocycles. The molecule has 2 aromatic rings. The highest BCUT2D eigenvalue weighted by molar-refractivity contribution is 5.82. The minimum absolute atomic E-state index is 0.0913. The van der Waals surface area contributed by atoms with Gasteiger partial charge in [0.25, 0.3) is 0 Å². The van der Waals surface area contributed by atoms with Gasteiger partial charge in [-0.05, 0) is 0 Å². The SMILES string of the molecule is CN(C)/C=N\c1ncnc2c1ncn2[C@H]1C[C@H](/N=C\N(C)C)[C@@H](CO)O1. The van der Waals surface area contributed by atoms with Gasteiger partial charge in [0.1, 0.15) is 18.7 Å². The fraction of sp³-hybridized carbons (Fsp3) is 0.562. The molecule has 1 saturated heterocycles. The third-order valence-electron chi connectivity index (χ3n) is 3.93. The molecule has 0 aromatic carbocycles. The summed E-state index contributed by atoms with van der Waals surface area (Å²) in [7, 11) is 7.58. The Morgan fingerprint density at radius 2 is 2.00 bits per heavy atom. The van der Waals surface area contributed by atoms with Gasteiger partial charge in [-0.1, -0.05) is 0 Å². The molecule has 0 unspecified atom stereocenters. The van der Waals surface area contributed by atoms with E-state index >= 15 is 0 Å². The summed E-state index contributed by atoms with van der Waals surface area (Å²) >= 11 is 0. The number of aromatic nitrogens is 4. The summed E-state index contributed by atoms with van der Waals surface area (Å²) in [6.07, 6.45) is 6.50. The highest BCUT2D eigenvalue weighted by Gasteiger charge is 2.36. The summed E-state index contributed by atoms with van der Waals surface area (Å²) in [5.41, 5.74) is 1.25. The molecule has 1 fully saturated rings. The lowest BCUT2D eigenvalue weighted by Crippen LogP contribution is -2.24. The summed E-state index contributed by atoms with van der Waals surface area (Å²) < 4.78 is 7.83. The lowest BCUT2D eigenvalue weighted by molar-refractivity contribution is -0.0232. The molecule has 0 radical (unpaired) electrons. The minimum Gasteiger partial charge on any atom is -0.394 e. The van der Waals surface area contributed by atoms with Crippen molar-refractivity contribution in [2.75, 3.05) is 34.8 Å². The number of hydrogen-bond donors (Lipinski definition) is 1. The van der Waals surface area contributed by atoms with Crippen LogP contribution in [0.3, 0.4) is 0 Å². The van der Waals surface area contributed by atoms with E-state index in [0.29, 0.717) is 23.4 Å². The van der Waals surface area contributed by atoms with E-state index in [1.807, 2.05) is 42.6 Å². The standard InChI is InChI=1S/C16H24N8O2/c1-22(2)8-19-11-5-13(26-12(11)6-25)24-10-20-14-15(21-9-23(3)4)17-7-18-16(14)24/h7-13,25H,5-6H2,1-4H3/b19-8-,21-9-/t11-,12+,13+/m0/s1. The summed E-state index contributed by atoms with van der Waals surface area (Å²) in [6.45, 7) is -0.0913. The summed E-state index contributed by atoms with van der Waals surface area (Å²) in [4.78, 5) is 25.5. The number of ether oxygens (including phenoxy) is 1. The van der Waals surface area contributed by atoms with Crippen molar-refractivity contribution in [3.05, 3.63) is 12.7 Å². The van der Waals surface area contributed by atoms with E-state index < -0.39 is 0 Å². The fourth-order valence-corrected chi connectivity index (χ4v) is 2.74. The molecule has 0 bridgehead atoms. The van der Waals surface area contributed by atoms with Crippen LogP contribution >= 0.6 is 0 Å². The van der Waals surface area contributed by atoms with Gasteiger partial charge in [-0.25, -0.2) is 19.9 Å². The molecule has 3 rings (SSSR count). The average Bonchev–Trinajstić information content (AvgIpc) is 3.21. The molecule has 140 valence electrons. The minimum atomic E-state index is -0.360. The van der Waals surface area contributed by atoms with Crippen LogP contribution in [0.15, 0.2) is 22.6 Å². The van der Waals surface area contributed by atoms with Gasteiger partial charge in [-0.15, -0.1) is 0 Å². The number of hydrogen-bond acceptors (Lipinski definition) is 7. The predicted molar refractivity (Wildman–Crippen MR) is 98.7 cm³/mol. The maximum absolute atomic E-state index is 9.61. The monoisotopic (exact) mass is 360 g/mol. The Morgan fingerprint density at radius 3 is 2.69 bits per heavy atom. The normalized spacial score (nSPS) is 23.5. The molecular formula is C16H24N8O2. The topological polar surface area (TPSA) is 104 Å². The Hall–Kier alpha value is -2.59. The van der Waals surface area contributed by atoms with Gasteiger partial charge in [0, 0.05) is 34.6 Å². The number of aliphatic imine (C=N–C) groups is 2. The predicted octanol–water partition coefficient (Wildman–Crippen LogP) is 0.286. The Kier molecular flexibility index (Phi) is 5.43.